The Morgan fingerprint density at radius 1 is 1.30 bits per heavy atom. The second-order valence-electron chi connectivity index (χ2n) is 5.00. The van der Waals surface area contributed by atoms with Crippen LogP contribution in [0.4, 0.5) is 0 Å². The van der Waals surface area contributed by atoms with Crippen molar-refractivity contribution in [2.75, 3.05) is 13.7 Å². The minimum Gasteiger partial charge on any atom is -0.484 e. The molecule has 1 aromatic rings. The van der Waals surface area contributed by atoms with Crippen molar-refractivity contribution in [1.29, 1.82) is 0 Å². The van der Waals surface area contributed by atoms with E-state index in [0.717, 1.165) is 0 Å². The summed E-state index contributed by atoms with van der Waals surface area (Å²) in [5.41, 5.74) is 0.451. The third-order valence-corrected chi connectivity index (χ3v) is 3.36. The van der Waals surface area contributed by atoms with Gasteiger partial charge in [-0.25, -0.2) is 4.79 Å². The number of rotatable bonds is 6. The molecule has 0 aromatic heterocycles. The Hall–Kier alpha value is -2.04. The molecule has 0 radical (unpaired) electrons. The first-order valence-corrected chi connectivity index (χ1v) is 6.70. The maximum Gasteiger partial charge on any atom is 0.337 e. The van der Waals surface area contributed by atoms with Crippen molar-refractivity contribution in [3.63, 3.8) is 0 Å². The highest BCUT2D eigenvalue weighted by Crippen LogP contribution is 2.32. The lowest BCUT2D eigenvalue weighted by Crippen LogP contribution is -2.37. The van der Waals surface area contributed by atoms with E-state index in [2.05, 4.69) is 10.1 Å². The smallest absolute Gasteiger partial charge is 0.337 e. The molecule has 5 heteroatoms. The lowest BCUT2D eigenvalue weighted by Gasteiger charge is -2.13. The Morgan fingerprint density at radius 3 is 2.50 bits per heavy atom. The van der Waals surface area contributed by atoms with Gasteiger partial charge in [0.05, 0.1) is 12.7 Å². The average molecular weight is 277 g/mol. The van der Waals surface area contributed by atoms with Crippen LogP contribution in [0.25, 0.3) is 0 Å². The molecule has 1 fully saturated rings. The Kier molecular flexibility index (Phi) is 4.61. The van der Waals surface area contributed by atoms with Crippen LogP contribution in [0, 0.1) is 5.92 Å². The molecule has 1 amide bonds. The zero-order valence-electron chi connectivity index (χ0n) is 11.7. The van der Waals surface area contributed by atoms with E-state index in [1.54, 1.807) is 24.3 Å². The van der Waals surface area contributed by atoms with Gasteiger partial charge in [0, 0.05) is 6.04 Å². The summed E-state index contributed by atoms with van der Waals surface area (Å²) in [7, 11) is 1.33. The maximum atomic E-state index is 11.7. The number of benzene rings is 1. The molecule has 0 bridgehead atoms. The number of hydrogen-bond donors (Lipinski definition) is 1. The second-order valence-corrected chi connectivity index (χ2v) is 5.00. The fraction of sp³-hybridized carbons (Fsp3) is 0.467. The zero-order chi connectivity index (χ0) is 14.5. The Balaban J connectivity index is 1.78. The molecule has 1 N–H and O–H groups in total. The summed E-state index contributed by atoms with van der Waals surface area (Å²) in [6.07, 6.45) is 2.38. The molecule has 0 unspecified atom stereocenters. The summed E-state index contributed by atoms with van der Waals surface area (Å²) < 4.78 is 9.98. The molecular formula is C15H19NO4. The van der Waals surface area contributed by atoms with Gasteiger partial charge >= 0.3 is 5.97 Å². The highest BCUT2D eigenvalue weighted by Gasteiger charge is 2.28. The SMILES string of the molecule is COC(=O)c1ccc(OCC(=O)N[C@H](C)C2CC2)cc1. The van der Waals surface area contributed by atoms with Crippen LogP contribution in [0.3, 0.4) is 0 Å². The minimum atomic E-state index is -0.396. The van der Waals surface area contributed by atoms with Gasteiger partial charge in [-0.05, 0) is 49.9 Å². The van der Waals surface area contributed by atoms with E-state index in [1.807, 2.05) is 6.92 Å². The van der Waals surface area contributed by atoms with Crippen molar-refractivity contribution in [2.45, 2.75) is 25.8 Å². The summed E-state index contributed by atoms with van der Waals surface area (Å²) in [6, 6.07) is 6.71. The van der Waals surface area contributed by atoms with Crippen LogP contribution in [0.5, 0.6) is 5.75 Å². The molecule has 1 aliphatic carbocycles. The lowest BCUT2D eigenvalue weighted by atomic mass is 10.2. The van der Waals surface area contributed by atoms with E-state index in [4.69, 9.17) is 4.74 Å². The average Bonchev–Trinajstić information content (AvgIpc) is 3.29. The predicted molar refractivity (Wildman–Crippen MR) is 73.6 cm³/mol. The number of hydrogen-bond acceptors (Lipinski definition) is 4. The lowest BCUT2D eigenvalue weighted by molar-refractivity contribution is -0.123. The molecule has 1 aliphatic rings. The van der Waals surface area contributed by atoms with Crippen LogP contribution in [0.1, 0.15) is 30.1 Å². The third-order valence-electron chi connectivity index (χ3n) is 3.36. The maximum absolute atomic E-state index is 11.7. The number of methoxy groups -OCH3 is 1. The number of nitrogens with one attached hydrogen (secondary N) is 1. The van der Waals surface area contributed by atoms with Crippen molar-refractivity contribution in [3.8, 4) is 5.75 Å². The second kappa shape index (κ2) is 6.41. The van der Waals surface area contributed by atoms with E-state index in [0.29, 0.717) is 17.2 Å². The van der Waals surface area contributed by atoms with Gasteiger partial charge in [-0.15, -0.1) is 0 Å². The van der Waals surface area contributed by atoms with E-state index in [9.17, 15) is 9.59 Å². The van der Waals surface area contributed by atoms with Gasteiger partial charge in [-0.1, -0.05) is 0 Å². The molecule has 20 heavy (non-hydrogen) atoms. The minimum absolute atomic E-state index is 0.0192. The summed E-state index contributed by atoms with van der Waals surface area (Å²) >= 11 is 0. The Morgan fingerprint density at radius 2 is 1.95 bits per heavy atom. The molecule has 5 nitrogen and oxygen atoms in total. The van der Waals surface area contributed by atoms with E-state index in [-0.39, 0.29) is 18.6 Å². The first-order valence-electron chi connectivity index (χ1n) is 6.70. The summed E-state index contributed by atoms with van der Waals surface area (Å²) in [4.78, 5) is 22.9. The van der Waals surface area contributed by atoms with Crippen LogP contribution < -0.4 is 10.1 Å². The van der Waals surface area contributed by atoms with E-state index >= 15 is 0 Å². The summed E-state index contributed by atoms with van der Waals surface area (Å²) in [5, 5.41) is 2.91. The zero-order valence-corrected chi connectivity index (χ0v) is 11.7. The number of esters is 1. The monoisotopic (exact) mass is 277 g/mol. The number of ether oxygens (including phenoxy) is 2. The topological polar surface area (TPSA) is 64.6 Å². The first kappa shape index (κ1) is 14.4. The van der Waals surface area contributed by atoms with Crippen molar-refractivity contribution < 1.29 is 19.1 Å². The van der Waals surface area contributed by atoms with Crippen LogP contribution in [-0.4, -0.2) is 31.6 Å². The normalized spacial score (nSPS) is 15.3. The van der Waals surface area contributed by atoms with Crippen molar-refractivity contribution >= 4 is 11.9 Å². The van der Waals surface area contributed by atoms with Crippen LogP contribution in [-0.2, 0) is 9.53 Å². The van der Waals surface area contributed by atoms with Crippen LogP contribution >= 0.6 is 0 Å². The third kappa shape index (κ3) is 3.98. The van der Waals surface area contributed by atoms with E-state index < -0.39 is 5.97 Å². The molecule has 0 saturated heterocycles. The van der Waals surface area contributed by atoms with Crippen LogP contribution in [0.2, 0.25) is 0 Å². The number of amides is 1. The van der Waals surface area contributed by atoms with Gasteiger partial charge in [0.2, 0.25) is 0 Å². The van der Waals surface area contributed by atoms with Gasteiger partial charge < -0.3 is 14.8 Å². The van der Waals surface area contributed by atoms with Gasteiger partial charge in [-0.3, -0.25) is 4.79 Å². The van der Waals surface area contributed by atoms with Gasteiger partial charge in [-0.2, -0.15) is 0 Å². The molecule has 1 atom stereocenters. The number of carbonyl (C=O) groups is 2. The fourth-order valence-corrected chi connectivity index (χ4v) is 1.96. The molecule has 0 heterocycles. The molecule has 0 aliphatic heterocycles. The molecular weight excluding hydrogens is 258 g/mol. The largest absolute Gasteiger partial charge is 0.484 e. The molecule has 0 spiro atoms. The van der Waals surface area contributed by atoms with E-state index in [1.165, 1.54) is 20.0 Å². The first-order chi connectivity index (χ1) is 9.60. The standard InChI is InChI=1S/C15H19NO4/c1-10(11-3-4-11)16-14(17)9-20-13-7-5-12(6-8-13)15(18)19-2/h5-8,10-11H,3-4,9H2,1-2H3,(H,16,17)/t10-/m1/s1. The fourth-order valence-electron chi connectivity index (χ4n) is 1.96. The molecule has 2 rings (SSSR count). The highest BCUT2D eigenvalue weighted by molar-refractivity contribution is 5.89. The van der Waals surface area contributed by atoms with Gasteiger partial charge in [0.15, 0.2) is 6.61 Å². The Labute approximate surface area is 118 Å². The van der Waals surface area contributed by atoms with Crippen molar-refractivity contribution in [2.24, 2.45) is 5.92 Å². The number of carbonyl (C=O) groups excluding carboxylic acids is 2. The molecule has 1 saturated carbocycles. The van der Waals surface area contributed by atoms with Crippen molar-refractivity contribution in [1.82, 2.24) is 5.32 Å². The van der Waals surface area contributed by atoms with Crippen molar-refractivity contribution in [3.05, 3.63) is 29.8 Å². The molecule has 1 aromatic carbocycles. The summed E-state index contributed by atoms with van der Waals surface area (Å²) in [6.45, 7) is 2.00. The summed E-state index contributed by atoms with van der Waals surface area (Å²) in [5.74, 6) is 0.652. The Bertz CT molecular complexity index is 479. The quantitative estimate of drug-likeness (QED) is 0.805. The van der Waals surface area contributed by atoms with Gasteiger partial charge in [0.1, 0.15) is 5.75 Å². The predicted octanol–water partition coefficient (Wildman–Crippen LogP) is 1.77. The van der Waals surface area contributed by atoms with Gasteiger partial charge in [0.25, 0.3) is 5.91 Å². The highest BCUT2D eigenvalue weighted by atomic mass is 16.5. The van der Waals surface area contributed by atoms with Crippen LogP contribution in [0.15, 0.2) is 24.3 Å². The molecule has 108 valence electrons.